The van der Waals surface area contributed by atoms with Crippen molar-refractivity contribution >= 4 is 17.7 Å². The van der Waals surface area contributed by atoms with Crippen LogP contribution in [0.5, 0.6) is 23.0 Å². The van der Waals surface area contributed by atoms with Crippen molar-refractivity contribution in [1.29, 1.82) is 0 Å². The molecule has 1 N–H and O–H groups in total. The van der Waals surface area contributed by atoms with Crippen molar-refractivity contribution in [3.63, 3.8) is 0 Å². The average molecular weight is 461 g/mol. The highest BCUT2D eigenvalue weighted by molar-refractivity contribution is 6.07. The van der Waals surface area contributed by atoms with Gasteiger partial charge in [0.1, 0.15) is 17.1 Å². The fourth-order valence-electron chi connectivity index (χ4n) is 3.72. The molecule has 1 aromatic heterocycles. The molecule has 1 amide bonds. The monoisotopic (exact) mass is 460 g/mol. The predicted octanol–water partition coefficient (Wildman–Crippen LogP) is 5.16. The fourth-order valence-corrected chi connectivity index (χ4v) is 3.72. The Morgan fingerprint density at radius 2 is 1.82 bits per heavy atom. The van der Waals surface area contributed by atoms with Crippen LogP contribution >= 0.6 is 0 Å². The van der Waals surface area contributed by atoms with Crippen LogP contribution in [0.25, 0.3) is 6.08 Å². The second kappa shape index (κ2) is 9.87. The van der Waals surface area contributed by atoms with Gasteiger partial charge in [0.05, 0.1) is 32.0 Å². The minimum atomic E-state index is -0.416. The zero-order chi connectivity index (χ0) is 24.1. The number of amides is 1. The molecule has 0 bridgehead atoms. The van der Waals surface area contributed by atoms with E-state index in [-0.39, 0.29) is 5.91 Å². The third kappa shape index (κ3) is 5.14. The van der Waals surface area contributed by atoms with Crippen molar-refractivity contribution in [2.24, 2.45) is 0 Å². The van der Waals surface area contributed by atoms with E-state index in [2.05, 4.69) is 10.3 Å². The molecule has 7 heteroatoms. The van der Waals surface area contributed by atoms with E-state index in [4.69, 9.17) is 18.9 Å². The van der Waals surface area contributed by atoms with Crippen LogP contribution in [-0.4, -0.2) is 37.3 Å². The zero-order valence-electron chi connectivity index (χ0n) is 19.8. The number of hydrogen-bond acceptors (Lipinski definition) is 6. The molecule has 7 nitrogen and oxygen atoms in total. The number of aromatic nitrogens is 1. The van der Waals surface area contributed by atoms with E-state index in [0.29, 0.717) is 40.9 Å². The molecule has 2 aromatic carbocycles. The van der Waals surface area contributed by atoms with Gasteiger partial charge in [-0.15, -0.1) is 0 Å². The van der Waals surface area contributed by atoms with E-state index in [1.165, 1.54) is 0 Å². The number of pyridine rings is 1. The van der Waals surface area contributed by atoms with Gasteiger partial charge in [-0.25, -0.2) is 0 Å². The van der Waals surface area contributed by atoms with Crippen LogP contribution < -0.4 is 24.3 Å². The third-order valence-electron chi connectivity index (χ3n) is 5.45. The molecule has 34 heavy (non-hydrogen) atoms. The Labute approximate surface area is 199 Å². The molecular formula is C27H28N2O5. The molecule has 1 aliphatic rings. The summed E-state index contributed by atoms with van der Waals surface area (Å²) in [7, 11) is 3.11. The largest absolute Gasteiger partial charge is 0.495 e. The first-order valence-corrected chi connectivity index (χ1v) is 11.0. The maximum atomic E-state index is 13.1. The number of anilines is 1. The summed E-state index contributed by atoms with van der Waals surface area (Å²) in [6.07, 6.45) is 8.13. The van der Waals surface area contributed by atoms with E-state index < -0.39 is 5.60 Å². The summed E-state index contributed by atoms with van der Waals surface area (Å²) < 4.78 is 22.9. The van der Waals surface area contributed by atoms with Crippen molar-refractivity contribution in [3.05, 3.63) is 77.6 Å². The van der Waals surface area contributed by atoms with Gasteiger partial charge < -0.3 is 24.3 Å². The lowest BCUT2D eigenvalue weighted by Crippen LogP contribution is -2.28. The lowest BCUT2D eigenvalue weighted by Gasteiger charge is -2.29. The summed E-state index contributed by atoms with van der Waals surface area (Å²) in [6, 6.07) is 12.7. The number of benzene rings is 2. The van der Waals surface area contributed by atoms with Gasteiger partial charge >= 0.3 is 0 Å². The first-order chi connectivity index (χ1) is 16.4. The van der Waals surface area contributed by atoms with Crippen LogP contribution in [0.1, 0.15) is 35.3 Å². The van der Waals surface area contributed by atoms with E-state index in [1.54, 1.807) is 56.9 Å². The van der Waals surface area contributed by atoms with E-state index >= 15 is 0 Å². The Hall–Kier alpha value is -4.00. The quantitative estimate of drug-likeness (QED) is 0.500. The van der Waals surface area contributed by atoms with Gasteiger partial charge in [-0.3, -0.25) is 9.78 Å². The molecule has 0 fully saturated rings. The molecule has 0 unspecified atom stereocenters. The third-order valence-corrected chi connectivity index (χ3v) is 5.45. The molecule has 0 aliphatic carbocycles. The number of hydrogen-bond donors (Lipinski definition) is 1. The molecule has 1 aliphatic heterocycles. The molecule has 4 rings (SSSR count). The van der Waals surface area contributed by atoms with Gasteiger partial charge in [0, 0.05) is 30.6 Å². The minimum Gasteiger partial charge on any atom is -0.495 e. The maximum absolute atomic E-state index is 13.1. The average Bonchev–Trinajstić information content (AvgIpc) is 2.84. The maximum Gasteiger partial charge on any atom is 0.259 e. The predicted molar refractivity (Wildman–Crippen MR) is 131 cm³/mol. The van der Waals surface area contributed by atoms with Crippen LogP contribution in [0, 0.1) is 0 Å². The number of rotatable bonds is 8. The van der Waals surface area contributed by atoms with Gasteiger partial charge in [0.2, 0.25) is 0 Å². The van der Waals surface area contributed by atoms with Crippen LogP contribution in [0.15, 0.2) is 60.9 Å². The summed E-state index contributed by atoms with van der Waals surface area (Å²) in [5.74, 6) is 1.97. The highest BCUT2D eigenvalue weighted by Crippen LogP contribution is 2.39. The van der Waals surface area contributed by atoms with Crippen molar-refractivity contribution in [1.82, 2.24) is 4.98 Å². The van der Waals surface area contributed by atoms with Crippen LogP contribution in [0.4, 0.5) is 5.69 Å². The number of nitrogens with zero attached hydrogens (tertiary/aromatic N) is 1. The molecule has 0 radical (unpaired) electrons. The van der Waals surface area contributed by atoms with Gasteiger partial charge in [-0.1, -0.05) is 0 Å². The number of methoxy groups -OCH3 is 2. The second-order valence-corrected chi connectivity index (χ2v) is 8.37. The van der Waals surface area contributed by atoms with Gasteiger partial charge in [-0.05, 0) is 68.0 Å². The Balaban J connectivity index is 1.48. The zero-order valence-corrected chi connectivity index (χ0v) is 19.8. The molecule has 3 aromatic rings. The van der Waals surface area contributed by atoms with Crippen LogP contribution in [-0.2, 0) is 6.42 Å². The first kappa shape index (κ1) is 23.2. The molecule has 0 spiro atoms. The van der Waals surface area contributed by atoms with Crippen LogP contribution in [0.2, 0.25) is 0 Å². The summed E-state index contributed by atoms with van der Waals surface area (Å²) >= 11 is 0. The fraction of sp³-hybridized carbons (Fsp3) is 0.259. The number of fused-ring (bicyclic) bond motifs is 1. The first-order valence-electron chi connectivity index (χ1n) is 11.0. The lowest BCUT2D eigenvalue weighted by atomic mass is 9.99. The Morgan fingerprint density at radius 1 is 1.03 bits per heavy atom. The Bertz CT molecular complexity index is 1210. The van der Waals surface area contributed by atoms with Crippen molar-refractivity contribution < 1.29 is 23.7 Å². The van der Waals surface area contributed by atoms with Crippen molar-refractivity contribution in [3.8, 4) is 23.0 Å². The highest BCUT2D eigenvalue weighted by Gasteiger charge is 2.26. The highest BCUT2D eigenvalue weighted by atomic mass is 16.5. The van der Waals surface area contributed by atoms with Gasteiger partial charge in [0.15, 0.2) is 11.5 Å². The number of carbonyl (C=O) groups excluding carboxylic acids is 1. The molecule has 2 heterocycles. The molecule has 0 saturated heterocycles. The second-order valence-electron chi connectivity index (χ2n) is 8.37. The van der Waals surface area contributed by atoms with Crippen LogP contribution in [0.3, 0.4) is 0 Å². The number of nitrogens with one attached hydrogen (secondary N) is 1. The Kier molecular flexibility index (Phi) is 6.72. The Morgan fingerprint density at radius 3 is 2.56 bits per heavy atom. The van der Waals surface area contributed by atoms with Gasteiger partial charge in [-0.2, -0.15) is 0 Å². The van der Waals surface area contributed by atoms with E-state index in [0.717, 1.165) is 17.5 Å². The normalized spacial score (nSPS) is 13.4. The molecule has 0 atom stereocenters. The smallest absolute Gasteiger partial charge is 0.259 e. The lowest BCUT2D eigenvalue weighted by molar-refractivity contribution is 0.102. The van der Waals surface area contributed by atoms with E-state index in [1.807, 2.05) is 38.1 Å². The van der Waals surface area contributed by atoms with Crippen molar-refractivity contribution in [2.75, 3.05) is 26.1 Å². The summed E-state index contributed by atoms with van der Waals surface area (Å²) in [4.78, 5) is 17.1. The summed E-state index contributed by atoms with van der Waals surface area (Å²) in [5, 5.41) is 2.91. The van der Waals surface area contributed by atoms with Crippen molar-refractivity contribution in [2.45, 2.75) is 25.9 Å². The molecule has 176 valence electrons. The standard InChI is InChI=1S/C27H28N2O5/c1-27(2)13-9-20-22(34-27)8-6-21(25(20)32-4)26(30)29-19-5-7-23(24(17-19)31-3)33-16-12-18-10-14-28-15-11-18/h5-11,13-15,17H,12,16H2,1-4H3,(H,29,30). The van der Waals surface area contributed by atoms with Gasteiger partial charge in [0.25, 0.3) is 5.91 Å². The molecule has 0 saturated carbocycles. The number of ether oxygens (including phenoxy) is 4. The minimum absolute atomic E-state index is 0.300. The molecular weight excluding hydrogens is 432 g/mol. The van der Waals surface area contributed by atoms with E-state index in [9.17, 15) is 4.79 Å². The number of carbonyl (C=O) groups is 1. The summed E-state index contributed by atoms with van der Waals surface area (Å²) in [5.41, 5.74) is 2.45. The topological polar surface area (TPSA) is 78.9 Å². The SMILES string of the molecule is COc1cc(NC(=O)c2ccc3c(c2OC)C=CC(C)(C)O3)ccc1OCCc1ccncc1. The summed E-state index contributed by atoms with van der Waals surface area (Å²) in [6.45, 7) is 4.43.